The van der Waals surface area contributed by atoms with E-state index in [1.807, 2.05) is 19.2 Å². The van der Waals surface area contributed by atoms with Crippen LogP contribution in [0.5, 0.6) is 0 Å². The third-order valence-corrected chi connectivity index (χ3v) is 3.53. The number of thiazole rings is 1. The molecule has 2 aromatic rings. The predicted molar refractivity (Wildman–Crippen MR) is 73.8 cm³/mol. The van der Waals surface area contributed by atoms with Crippen molar-refractivity contribution in [3.8, 4) is 0 Å². The number of hydrogen-bond acceptors (Lipinski definition) is 4. The fraction of sp³-hybridized carbons (Fsp3) is 0.0909. The molecule has 2 N–H and O–H groups in total. The van der Waals surface area contributed by atoms with Gasteiger partial charge in [0.25, 0.3) is 5.91 Å². The molecule has 0 saturated heterocycles. The summed E-state index contributed by atoms with van der Waals surface area (Å²) in [5.74, 6) is -0.158. The van der Waals surface area contributed by atoms with Gasteiger partial charge in [-0.25, -0.2) is 4.98 Å². The van der Waals surface area contributed by atoms with E-state index in [0.29, 0.717) is 10.7 Å². The summed E-state index contributed by atoms with van der Waals surface area (Å²) in [4.78, 5) is 15.9. The zero-order chi connectivity index (χ0) is 12.3. The quantitative estimate of drug-likeness (QED) is 0.915. The number of nitrogens with one attached hydrogen (secondary N) is 2. The molecule has 0 spiro atoms. The summed E-state index contributed by atoms with van der Waals surface area (Å²) in [6, 6.07) is 7.24. The van der Waals surface area contributed by atoms with Gasteiger partial charge in [0.1, 0.15) is 0 Å². The first kappa shape index (κ1) is 12.1. The lowest BCUT2D eigenvalue weighted by Crippen LogP contribution is -2.11. The van der Waals surface area contributed by atoms with Crippen molar-refractivity contribution >= 4 is 44.0 Å². The highest BCUT2D eigenvalue weighted by molar-refractivity contribution is 9.11. The van der Waals surface area contributed by atoms with Crippen LogP contribution in [0.1, 0.15) is 10.4 Å². The Morgan fingerprint density at radius 2 is 2.06 bits per heavy atom. The molecule has 0 radical (unpaired) electrons. The van der Waals surface area contributed by atoms with Gasteiger partial charge < -0.3 is 5.32 Å². The fourth-order valence-corrected chi connectivity index (χ4v) is 2.37. The van der Waals surface area contributed by atoms with Crippen molar-refractivity contribution in [1.29, 1.82) is 0 Å². The maximum absolute atomic E-state index is 11.8. The summed E-state index contributed by atoms with van der Waals surface area (Å²) in [5.41, 5.74) is 1.58. The van der Waals surface area contributed by atoms with Crippen molar-refractivity contribution in [1.82, 2.24) is 4.98 Å². The Morgan fingerprint density at radius 3 is 2.59 bits per heavy atom. The van der Waals surface area contributed by atoms with E-state index in [9.17, 15) is 4.79 Å². The van der Waals surface area contributed by atoms with Gasteiger partial charge in [-0.1, -0.05) is 11.3 Å². The van der Waals surface area contributed by atoms with Gasteiger partial charge in [-0.15, -0.1) is 0 Å². The number of carbonyl (C=O) groups is 1. The lowest BCUT2D eigenvalue weighted by molar-refractivity contribution is 0.102. The Balaban J connectivity index is 2.09. The number of benzene rings is 1. The maximum Gasteiger partial charge on any atom is 0.257 e. The molecule has 0 aliphatic rings. The molecule has 1 amide bonds. The molecule has 4 nitrogen and oxygen atoms in total. The summed E-state index contributed by atoms with van der Waals surface area (Å²) < 4.78 is 0.887. The molecular formula is C11H10BrN3OS. The lowest BCUT2D eigenvalue weighted by atomic mass is 10.2. The Hall–Kier alpha value is -1.40. The van der Waals surface area contributed by atoms with Gasteiger partial charge in [0.05, 0.1) is 9.98 Å². The van der Waals surface area contributed by atoms with Crippen LogP contribution in [0, 0.1) is 0 Å². The molecule has 0 bridgehead atoms. The smallest absolute Gasteiger partial charge is 0.257 e. The highest BCUT2D eigenvalue weighted by atomic mass is 79.9. The van der Waals surface area contributed by atoms with E-state index in [-0.39, 0.29) is 5.91 Å². The monoisotopic (exact) mass is 311 g/mol. The van der Waals surface area contributed by atoms with E-state index < -0.39 is 0 Å². The number of carbonyl (C=O) groups excluding carboxylic acids is 1. The summed E-state index contributed by atoms with van der Waals surface area (Å²) in [6.45, 7) is 0. The van der Waals surface area contributed by atoms with Crippen LogP contribution in [-0.4, -0.2) is 17.9 Å². The van der Waals surface area contributed by atoms with E-state index in [2.05, 4.69) is 31.5 Å². The largest absolute Gasteiger partial charge is 0.388 e. The van der Waals surface area contributed by atoms with Gasteiger partial charge in [-0.05, 0) is 40.2 Å². The molecule has 0 aliphatic carbocycles. The van der Waals surface area contributed by atoms with E-state index >= 15 is 0 Å². The zero-order valence-electron chi connectivity index (χ0n) is 9.03. The topological polar surface area (TPSA) is 54.0 Å². The lowest BCUT2D eigenvalue weighted by Gasteiger charge is -2.03. The molecule has 17 heavy (non-hydrogen) atoms. The number of nitrogens with zero attached hydrogens (tertiary/aromatic N) is 1. The molecule has 1 heterocycles. The summed E-state index contributed by atoms with van der Waals surface area (Å²) in [6.07, 6.45) is 1.66. The van der Waals surface area contributed by atoms with E-state index in [1.165, 1.54) is 11.3 Å². The fourth-order valence-electron chi connectivity index (χ4n) is 1.27. The molecule has 1 aromatic heterocycles. The Kier molecular flexibility index (Phi) is 3.75. The van der Waals surface area contributed by atoms with Crippen LogP contribution >= 0.6 is 27.3 Å². The van der Waals surface area contributed by atoms with Crippen LogP contribution < -0.4 is 10.6 Å². The molecule has 0 unspecified atom stereocenters. The third-order valence-electron chi connectivity index (χ3n) is 2.13. The van der Waals surface area contributed by atoms with Gasteiger partial charge in [0.2, 0.25) is 0 Å². The van der Waals surface area contributed by atoms with Crippen LogP contribution in [0.15, 0.2) is 34.2 Å². The molecule has 2 rings (SSSR count). The summed E-state index contributed by atoms with van der Waals surface area (Å²) >= 11 is 4.67. The molecule has 0 saturated carbocycles. The normalized spacial score (nSPS) is 10.0. The maximum atomic E-state index is 11.8. The molecular weight excluding hydrogens is 302 g/mol. The second kappa shape index (κ2) is 5.29. The van der Waals surface area contributed by atoms with Gasteiger partial charge in [-0.3, -0.25) is 10.1 Å². The van der Waals surface area contributed by atoms with Crippen LogP contribution in [0.3, 0.4) is 0 Å². The Bertz CT molecular complexity index is 524. The number of anilines is 2. The molecule has 0 aliphatic heterocycles. The number of aromatic nitrogens is 1. The molecule has 0 fully saturated rings. The van der Waals surface area contributed by atoms with E-state index in [0.717, 1.165) is 9.47 Å². The standard InChI is InChI=1S/C11H10BrN3OS/c1-13-8-4-2-7(3-5-8)10(16)15-11-14-6-9(12)17-11/h2-6,13H,1H3,(H,14,15,16). The molecule has 88 valence electrons. The van der Waals surface area contributed by atoms with Crippen molar-refractivity contribution in [3.63, 3.8) is 0 Å². The first-order chi connectivity index (χ1) is 8.19. The van der Waals surface area contributed by atoms with Gasteiger partial charge in [0.15, 0.2) is 5.13 Å². The highest BCUT2D eigenvalue weighted by Crippen LogP contribution is 2.23. The van der Waals surface area contributed by atoms with E-state index in [1.54, 1.807) is 18.3 Å². The van der Waals surface area contributed by atoms with E-state index in [4.69, 9.17) is 0 Å². The first-order valence-electron chi connectivity index (χ1n) is 4.89. The van der Waals surface area contributed by atoms with Crippen LogP contribution in [0.25, 0.3) is 0 Å². The van der Waals surface area contributed by atoms with Crippen molar-refractivity contribution in [2.24, 2.45) is 0 Å². The average Bonchev–Trinajstić information content (AvgIpc) is 2.75. The van der Waals surface area contributed by atoms with Crippen LogP contribution in [-0.2, 0) is 0 Å². The third kappa shape index (κ3) is 3.04. The second-order valence-corrected chi connectivity index (χ2v) is 5.66. The summed E-state index contributed by atoms with van der Waals surface area (Å²) in [7, 11) is 1.84. The molecule has 6 heteroatoms. The number of halogens is 1. The average molecular weight is 312 g/mol. The van der Waals surface area contributed by atoms with Gasteiger partial charge in [0, 0.05) is 18.3 Å². The Labute approximate surface area is 111 Å². The van der Waals surface area contributed by atoms with Crippen molar-refractivity contribution in [3.05, 3.63) is 39.8 Å². The number of rotatable bonds is 3. The van der Waals surface area contributed by atoms with Gasteiger partial charge >= 0.3 is 0 Å². The number of hydrogen-bond donors (Lipinski definition) is 2. The van der Waals surface area contributed by atoms with Crippen molar-refractivity contribution in [2.45, 2.75) is 0 Å². The molecule has 0 atom stereocenters. The second-order valence-electron chi connectivity index (χ2n) is 3.25. The Morgan fingerprint density at radius 1 is 1.35 bits per heavy atom. The minimum atomic E-state index is -0.158. The van der Waals surface area contributed by atoms with Crippen molar-refractivity contribution in [2.75, 3.05) is 17.7 Å². The molecule has 1 aromatic carbocycles. The van der Waals surface area contributed by atoms with Crippen LogP contribution in [0.2, 0.25) is 0 Å². The minimum absolute atomic E-state index is 0.158. The SMILES string of the molecule is CNc1ccc(C(=O)Nc2ncc(Br)s2)cc1. The summed E-state index contributed by atoms with van der Waals surface area (Å²) in [5, 5.41) is 6.32. The van der Waals surface area contributed by atoms with Crippen LogP contribution in [0.4, 0.5) is 10.8 Å². The zero-order valence-corrected chi connectivity index (χ0v) is 11.4. The minimum Gasteiger partial charge on any atom is -0.388 e. The highest BCUT2D eigenvalue weighted by Gasteiger charge is 2.08. The predicted octanol–water partition coefficient (Wildman–Crippen LogP) is 3.20. The van der Waals surface area contributed by atoms with Gasteiger partial charge in [-0.2, -0.15) is 0 Å². The number of amides is 1. The van der Waals surface area contributed by atoms with Crippen molar-refractivity contribution < 1.29 is 4.79 Å². The first-order valence-corrected chi connectivity index (χ1v) is 6.50.